The zero-order valence-electron chi connectivity index (χ0n) is 16.8. The summed E-state index contributed by atoms with van der Waals surface area (Å²) < 4.78 is 0. The van der Waals surface area contributed by atoms with Gasteiger partial charge in [0.05, 0.1) is 16.0 Å². The molecule has 0 bridgehead atoms. The Labute approximate surface area is 183 Å². The fourth-order valence-corrected chi connectivity index (χ4v) is 6.67. The molecule has 5 nitrogen and oxygen atoms in total. The first-order valence-corrected chi connectivity index (χ1v) is 11.4. The topological polar surface area (TPSA) is 87.2 Å². The number of Topliss-reactive ketones (excluding diaryl/α,β-unsaturated/α-hetero) is 1. The van der Waals surface area contributed by atoms with Gasteiger partial charge >= 0.3 is 0 Å². The first kappa shape index (κ1) is 20.3. The lowest BCUT2D eigenvalue weighted by molar-refractivity contribution is 0.100. The molecule has 2 N–H and O–H groups in total. The molecule has 30 heavy (non-hydrogen) atoms. The van der Waals surface area contributed by atoms with E-state index in [1.807, 2.05) is 35.2 Å². The molecule has 0 atom stereocenters. The summed E-state index contributed by atoms with van der Waals surface area (Å²) in [5.41, 5.74) is 9.29. The van der Waals surface area contributed by atoms with Crippen molar-refractivity contribution in [2.75, 3.05) is 4.90 Å². The van der Waals surface area contributed by atoms with E-state index in [4.69, 9.17) is 5.73 Å². The lowest BCUT2D eigenvalue weighted by atomic mass is 9.96. The van der Waals surface area contributed by atoms with Gasteiger partial charge in [-0.05, 0) is 62.8 Å². The maximum Gasteiger partial charge on any atom is 0.252 e. The third-order valence-corrected chi connectivity index (χ3v) is 8.03. The zero-order chi connectivity index (χ0) is 21.4. The number of anilines is 3. The molecule has 0 saturated carbocycles. The van der Waals surface area contributed by atoms with E-state index in [-0.39, 0.29) is 5.78 Å². The largest absolute Gasteiger partial charge is 0.365 e. The molecule has 7 heteroatoms. The number of para-hydroxylation sites is 1. The van der Waals surface area contributed by atoms with Gasteiger partial charge < -0.3 is 5.73 Å². The van der Waals surface area contributed by atoms with Gasteiger partial charge in [-0.2, -0.15) is 5.26 Å². The standard InChI is InChI=1S/C23H21N3O2S2/c1-13-19(21(25)28)23(30-20(13)14(2)27)26(15-8-4-3-5-9-15)22-17(12-24)16-10-6-7-11-18(16)29-22/h3-5,8-9H,6-7,10-11H2,1-2H3,(H2,25,28). The van der Waals surface area contributed by atoms with Crippen molar-refractivity contribution in [3.63, 3.8) is 0 Å². The van der Waals surface area contributed by atoms with Gasteiger partial charge in [-0.15, -0.1) is 22.7 Å². The molecular weight excluding hydrogens is 414 g/mol. The summed E-state index contributed by atoms with van der Waals surface area (Å²) >= 11 is 2.86. The highest BCUT2D eigenvalue weighted by molar-refractivity contribution is 7.20. The summed E-state index contributed by atoms with van der Waals surface area (Å²) in [6, 6.07) is 12.0. The average Bonchev–Trinajstić information content (AvgIpc) is 3.27. The minimum atomic E-state index is -0.577. The molecule has 1 aliphatic rings. The summed E-state index contributed by atoms with van der Waals surface area (Å²) in [6.07, 6.45) is 4.04. The van der Waals surface area contributed by atoms with Gasteiger partial charge in [0.1, 0.15) is 16.1 Å². The van der Waals surface area contributed by atoms with Crippen LogP contribution in [0.25, 0.3) is 0 Å². The van der Waals surface area contributed by atoms with E-state index < -0.39 is 5.91 Å². The van der Waals surface area contributed by atoms with Crippen molar-refractivity contribution < 1.29 is 9.59 Å². The third-order valence-electron chi connectivity index (χ3n) is 5.38. The lowest BCUT2D eigenvalue weighted by Crippen LogP contribution is -2.17. The highest BCUT2D eigenvalue weighted by Gasteiger charge is 2.31. The summed E-state index contributed by atoms with van der Waals surface area (Å²) in [4.78, 5) is 28.3. The number of carbonyl (C=O) groups is 2. The molecule has 0 spiro atoms. The second-order valence-corrected chi connectivity index (χ2v) is 9.41. The second kappa shape index (κ2) is 8.05. The van der Waals surface area contributed by atoms with E-state index in [2.05, 4.69) is 6.07 Å². The van der Waals surface area contributed by atoms with Crippen LogP contribution in [-0.4, -0.2) is 11.7 Å². The Balaban J connectivity index is 2.03. The van der Waals surface area contributed by atoms with Crippen LogP contribution in [0.2, 0.25) is 0 Å². The fourth-order valence-electron chi connectivity index (χ4n) is 4.01. The number of thiophene rings is 2. The summed E-state index contributed by atoms with van der Waals surface area (Å²) in [6.45, 7) is 3.25. The van der Waals surface area contributed by atoms with Crippen LogP contribution in [0.5, 0.6) is 0 Å². The molecule has 0 radical (unpaired) electrons. The summed E-state index contributed by atoms with van der Waals surface area (Å²) in [5.74, 6) is -0.683. The number of nitrogens with zero attached hydrogens (tertiary/aromatic N) is 2. The lowest BCUT2D eigenvalue weighted by Gasteiger charge is -2.23. The maximum atomic E-state index is 12.4. The van der Waals surface area contributed by atoms with Crippen molar-refractivity contribution >= 4 is 50.1 Å². The molecule has 0 unspecified atom stereocenters. The third kappa shape index (κ3) is 3.32. The highest BCUT2D eigenvalue weighted by Crippen LogP contribution is 2.49. The van der Waals surface area contributed by atoms with Crippen molar-refractivity contribution in [2.45, 2.75) is 39.5 Å². The Morgan fingerprint density at radius 3 is 2.43 bits per heavy atom. The molecule has 2 heterocycles. The van der Waals surface area contributed by atoms with Crippen LogP contribution in [0.1, 0.15) is 61.4 Å². The molecule has 0 fully saturated rings. The summed E-state index contributed by atoms with van der Waals surface area (Å²) in [5, 5.41) is 11.4. The minimum Gasteiger partial charge on any atom is -0.365 e. The Morgan fingerprint density at radius 1 is 1.10 bits per heavy atom. The number of rotatable bonds is 5. The number of benzene rings is 1. The van der Waals surface area contributed by atoms with Crippen molar-refractivity contribution in [1.29, 1.82) is 5.26 Å². The molecule has 3 aromatic rings. The van der Waals surface area contributed by atoms with Gasteiger partial charge in [0.15, 0.2) is 5.78 Å². The SMILES string of the molecule is CC(=O)c1sc(N(c2ccccc2)c2sc3c(c2C#N)CCCC3)c(C(N)=O)c1C. The quantitative estimate of drug-likeness (QED) is 0.525. The van der Waals surface area contributed by atoms with Crippen LogP contribution in [0, 0.1) is 18.3 Å². The van der Waals surface area contributed by atoms with Crippen LogP contribution >= 0.6 is 22.7 Å². The van der Waals surface area contributed by atoms with Gasteiger partial charge in [0.2, 0.25) is 0 Å². The number of hydrogen-bond acceptors (Lipinski definition) is 6. The van der Waals surface area contributed by atoms with E-state index in [9.17, 15) is 14.9 Å². The van der Waals surface area contributed by atoms with Crippen molar-refractivity contribution in [1.82, 2.24) is 0 Å². The van der Waals surface area contributed by atoms with E-state index in [0.29, 0.717) is 26.6 Å². The van der Waals surface area contributed by atoms with Gasteiger partial charge in [-0.3, -0.25) is 14.5 Å². The summed E-state index contributed by atoms with van der Waals surface area (Å²) in [7, 11) is 0. The molecule has 0 aliphatic heterocycles. The maximum absolute atomic E-state index is 12.4. The zero-order valence-corrected chi connectivity index (χ0v) is 18.5. The van der Waals surface area contributed by atoms with E-state index in [1.165, 1.54) is 23.1 Å². The van der Waals surface area contributed by atoms with E-state index >= 15 is 0 Å². The van der Waals surface area contributed by atoms with Crippen molar-refractivity contribution in [2.24, 2.45) is 5.73 Å². The number of ketones is 1. The fraction of sp³-hybridized carbons (Fsp3) is 0.261. The van der Waals surface area contributed by atoms with Crippen LogP contribution < -0.4 is 10.6 Å². The van der Waals surface area contributed by atoms with E-state index in [1.54, 1.807) is 18.3 Å². The molecular formula is C23H21N3O2S2. The molecule has 2 aromatic heterocycles. The van der Waals surface area contributed by atoms with Crippen molar-refractivity contribution in [3.8, 4) is 6.07 Å². The van der Waals surface area contributed by atoms with Crippen molar-refractivity contribution in [3.05, 3.63) is 62.3 Å². The molecule has 4 rings (SSSR count). The number of amides is 1. The molecule has 1 aliphatic carbocycles. The van der Waals surface area contributed by atoms with Crippen LogP contribution in [0.4, 0.5) is 15.7 Å². The second-order valence-electron chi connectivity index (χ2n) is 7.33. The Bertz CT molecular complexity index is 1190. The van der Waals surface area contributed by atoms with Crippen LogP contribution in [0.3, 0.4) is 0 Å². The number of aryl methyl sites for hydroxylation is 1. The number of carbonyl (C=O) groups excluding carboxylic acids is 2. The number of nitriles is 1. The van der Waals surface area contributed by atoms with Gasteiger partial charge in [-0.1, -0.05) is 18.2 Å². The molecule has 152 valence electrons. The smallest absolute Gasteiger partial charge is 0.252 e. The van der Waals surface area contributed by atoms with Gasteiger partial charge in [-0.25, -0.2) is 0 Å². The predicted molar refractivity (Wildman–Crippen MR) is 121 cm³/mol. The monoisotopic (exact) mass is 435 g/mol. The van der Waals surface area contributed by atoms with E-state index in [0.717, 1.165) is 41.9 Å². The number of nitrogens with two attached hydrogens (primary N) is 1. The minimum absolute atomic E-state index is 0.106. The van der Waals surface area contributed by atoms with Gasteiger partial charge in [0.25, 0.3) is 5.91 Å². The molecule has 1 aromatic carbocycles. The number of primary amides is 1. The first-order chi connectivity index (χ1) is 14.4. The predicted octanol–water partition coefficient (Wildman–Crippen LogP) is 5.64. The van der Waals surface area contributed by atoms with Crippen LogP contribution in [0.15, 0.2) is 30.3 Å². The Kier molecular flexibility index (Phi) is 5.46. The Morgan fingerprint density at radius 2 is 1.80 bits per heavy atom. The molecule has 0 saturated heterocycles. The normalized spacial score (nSPS) is 12.8. The van der Waals surface area contributed by atoms with Crippen LogP contribution in [-0.2, 0) is 12.8 Å². The number of fused-ring (bicyclic) bond motifs is 1. The average molecular weight is 436 g/mol. The van der Waals surface area contributed by atoms with Gasteiger partial charge in [0, 0.05) is 10.6 Å². The highest BCUT2D eigenvalue weighted by atomic mass is 32.1. The first-order valence-electron chi connectivity index (χ1n) is 9.78. The number of hydrogen-bond donors (Lipinski definition) is 1. The Hall–Kier alpha value is -2.95. The molecule has 1 amide bonds.